The third kappa shape index (κ3) is 16.6. The topological polar surface area (TPSA) is 85.0 Å². The van der Waals surface area contributed by atoms with E-state index in [1.54, 1.807) is 4.90 Å². The van der Waals surface area contributed by atoms with Crippen LogP contribution in [0.1, 0.15) is 58.7 Å². The smallest absolute Gasteiger partial charge is 0.416 e. The van der Waals surface area contributed by atoms with E-state index in [9.17, 15) is 31.1 Å². The number of rotatable bonds is 12. The van der Waals surface area contributed by atoms with E-state index in [2.05, 4.69) is 15.1 Å². The van der Waals surface area contributed by atoms with Gasteiger partial charge in [-0.1, -0.05) is 45.2 Å². The van der Waals surface area contributed by atoms with Crippen LogP contribution in [0, 0.1) is 11.8 Å². The largest absolute Gasteiger partial charge is 0.493 e. The molecule has 4 unspecified atom stereocenters. The van der Waals surface area contributed by atoms with Crippen LogP contribution in [0.15, 0.2) is 78.9 Å². The number of alkyl halides is 6. The predicted molar refractivity (Wildman–Crippen MR) is 228 cm³/mol. The molecule has 4 atom stereocenters. The summed E-state index contributed by atoms with van der Waals surface area (Å²) < 4.78 is 104. The summed E-state index contributed by atoms with van der Waals surface area (Å²) in [5, 5.41) is 3.34. The van der Waals surface area contributed by atoms with Crippen molar-refractivity contribution < 1.29 is 56.2 Å². The van der Waals surface area contributed by atoms with Gasteiger partial charge >= 0.3 is 18.4 Å². The molecule has 16 heteroatoms. The molecule has 3 aromatic rings. The zero-order valence-electron chi connectivity index (χ0n) is 33.8. The number of hydrogen-bond acceptors (Lipinski definition) is 9. The van der Waals surface area contributed by atoms with Crippen molar-refractivity contribution in [3.05, 3.63) is 95.6 Å². The molecular formula is C46H66F6N4O6. The van der Waals surface area contributed by atoms with Crippen molar-refractivity contribution in [3.8, 4) is 11.5 Å². The molecule has 0 saturated carbocycles. The maximum Gasteiger partial charge on any atom is 0.416 e. The van der Waals surface area contributed by atoms with E-state index in [0.717, 1.165) is 108 Å². The molecule has 0 spiro atoms. The van der Waals surface area contributed by atoms with E-state index in [-0.39, 0.29) is 47.1 Å². The Morgan fingerprint density at radius 3 is 1.69 bits per heavy atom. The fourth-order valence-electron chi connectivity index (χ4n) is 7.93. The van der Waals surface area contributed by atoms with Crippen molar-refractivity contribution in [3.63, 3.8) is 0 Å². The molecule has 348 valence electrons. The normalized spacial score (nSPS) is 22.5. The number of benzene rings is 3. The van der Waals surface area contributed by atoms with Crippen molar-refractivity contribution in [1.29, 1.82) is 0 Å². The van der Waals surface area contributed by atoms with Gasteiger partial charge in [0.2, 0.25) is 0 Å². The van der Waals surface area contributed by atoms with E-state index < -0.39 is 23.5 Å². The number of carbonyl (C=O) groups is 1. The van der Waals surface area contributed by atoms with Gasteiger partial charge in [0, 0.05) is 59.1 Å². The average Bonchev–Trinajstić information content (AvgIpc) is 3.25. The molecule has 0 aromatic heterocycles. The molecule has 4 fully saturated rings. The average molecular weight is 885 g/mol. The molecule has 10 nitrogen and oxygen atoms in total. The number of nitrogens with one attached hydrogen (secondary N) is 1. The Labute approximate surface area is 364 Å². The van der Waals surface area contributed by atoms with E-state index in [0.29, 0.717) is 56.9 Å². The molecule has 7 rings (SSSR count). The Hall–Kier alpha value is -4.09. The number of amides is 1. The van der Waals surface area contributed by atoms with Crippen LogP contribution in [0.25, 0.3) is 0 Å². The lowest BCUT2D eigenvalue weighted by Crippen LogP contribution is -2.51. The minimum Gasteiger partial charge on any atom is -0.493 e. The molecule has 4 aliphatic heterocycles. The van der Waals surface area contributed by atoms with Gasteiger partial charge in [-0.2, -0.15) is 26.3 Å². The minimum atomic E-state index is -4.35. The van der Waals surface area contributed by atoms with Gasteiger partial charge in [0.25, 0.3) is 0 Å². The molecule has 0 radical (unpaired) electrons. The minimum absolute atomic E-state index is 0. The summed E-state index contributed by atoms with van der Waals surface area (Å²) in [6.07, 6.45) is -4.63. The summed E-state index contributed by atoms with van der Waals surface area (Å²) in [4.78, 5) is 18.9. The van der Waals surface area contributed by atoms with Crippen molar-refractivity contribution >= 4 is 6.09 Å². The van der Waals surface area contributed by atoms with Crippen molar-refractivity contribution in [1.82, 2.24) is 20.0 Å². The number of likely N-dealkylation sites (tertiary alicyclic amines) is 2. The van der Waals surface area contributed by atoms with Crippen LogP contribution in [0.3, 0.4) is 0 Å². The van der Waals surface area contributed by atoms with Crippen molar-refractivity contribution in [2.24, 2.45) is 11.8 Å². The Morgan fingerprint density at radius 1 is 0.677 bits per heavy atom. The van der Waals surface area contributed by atoms with Gasteiger partial charge in [-0.15, -0.1) is 0 Å². The first kappa shape index (κ1) is 50.6. The monoisotopic (exact) mass is 884 g/mol. The van der Waals surface area contributed by atoms with Gasteiger partial charge in [-0.3, -0.25) is 0 Å². The lowest BCUT2D eigenvalue weighted by Gasteiger charge is -2.38. The van der Waals surface area contributed by atoms with Gasteiger partial charge in [0.1, 0.15) is 18.1 Å². The SMILES string of the molecule is C.C.FC(F)(F)c1ccc(OCC2CCCN(CC3CNCCO3)C2)cc1.O=C(OCc1ccccc1)N1CCOC(CN2CCCC(COc3ccc(C(F)(F)F)cc3)C2)C1.[HH]. The highest BCUT2D eigenvalue weighted by Gasteiger charge is 2.32. The highest BCUT2D eigenvalue weighted by atomic mass is 19.4. The summed E-state index contributed by atoms with van der Waals surface area (Å²) >= 11 is 0. The summed E-state index contributed by atoms with van der Waals surface area (Å²) in [5.41, 5.74) is -0.382. The molecule has 4 saturated heterocycles. The van der Waals surface area contributed by atoms with Crippen LogP contribution in [-0.2, 0) is 33.2 Å². The highest BCUT2D eigenvalue weighted by molar-refractivity contribution is 5.67. The van der Waals surface area contributed by atoms with Gasteiger partial charge in [0.15, 0.2) is 0 Å². The molecule has 4 heterocycles. The van der Waals surface area contributed by atoms with Crippen molar-refractivity contribution in [2.45, 2.75) is 71.7 Å². The second kappa shape index (κ2) is 24.7. The summed E-state index contributed by atoms with van der Waals surface area (Å²) in [5.74, 6) is 1.61. The van der Waals surface area contributed by atoms with E-state index in [1.165, 1.54) is 24.3 Å². The Kier molecular flexibility index (Phi) is 20.1. The fraction of sp³-hybridized carbons (Fsp3) is 0.587. The number of nitrogens with zero attached hydrogens (tertiary/aromatic N) is 3. The first-order chi connectivity index (χ1) is 28.9. The standard InChI is InChI=1S/C26H31F3N2O4.C18H25F3N2O2.2CH4.H2/c27-26(28,29)22-8-10-23(11-9-22)34-19-21-7-4-12-30(15-21)16-24-17-31(13-14-33-24)25(32)35-18-20-5-2-1-3-6-20;19-18(20,21)15-3-5-16(6-4-15)25-13-14-2-1-8-23(11-14)12-17-10-22-7-9-24-17;;;/h1-3,5-6,8-11,21,24H,4,7,12-19H2;3-6,14,17,22H,1-2,7-13H2;2*1H4;1H. The number of piperidine rings is 2. The first-order valence-electron chi connectivity index (χ1n) is 20.8. The fourth-order valence-corrected chi connectivity index (χ4v) is 7.93. The number of ether oxygens (including phenoxy) is 5. The summed E-state index contributed by atoms with van der Waals surface area (Å²) in [7, 11) is 0. The number of morpholine rings is 2. The maximum atomic E-state index is 12.7. The second-order valence-corrected chi connectivity index (χ2v) is 15.9. The summed E-state index contributed by atoms with van der Waals surface area (Å²) in [6, 6.07) is 19.3. The van der Waals surface area contributed by atoms with Crippen LogP contribution in [-0.4, -0.2) is 125 Å². The van der Waals surface area contributed by atoms with Gasteiger partial charge < -0.3 is 43.7 Å². The molecule has 0 bridgehead atoms. The molecule has 1 N–H and O–H groups in total. The zero-order chi connectivity index (χ0) is 42.4. The third-order valence-electron chi connectivity index (χ3n) is 11.1. The summed E-state index contributed by atoms with van der Waals surface area (Å²) in [6.45, 7) is 10.7. The van der Waals surface area contributed by atoms with Crippen LogP contribution in [0.5, 0.6) is 11.5 Å². The molecule has 3 aromatic carbocycles. The number of halogens is 6. The van der Waals surface area contributed by atoms with Crippen LogP contribution in [0.2, 0.25) is 0 Å². The molecule has 0 aliphatic carbocycles. The van der Waals surface area contributed by atoms with Gasteiger partial charge in [-0.25, -0.2) is 4.79 Å². The molecular weight excluding hydrogens is 819 g/mol. The zero-order valence-corrected chi connectivity index (χ0v) is 33.8. The lowest BCUT2D eigenvalue weighted by atomic mass is 9.98. The van der Waals surface area contributed by atoms with Crippen LogP contribution in [0.4, 0.5) is 31.1 Å². The quantitative estimate of drug-likeness (QED) is 0.179. The van der Waals surface area contributed by atoms with Gasteiger partial charge in [0.05, 0.1) is 56.3 Å². The van der Waals surface area contributed by atoms with Crippen LogP contribution >= 0.6 is 0 Å². The second-order valence-electron chi connectivity index (χ2n) is 15.9. The maximum absolute atomic E-state index is 12.7. The van der Waals surface area contributed by atoms with E-state index in [1.807, 2.05) is 30.3 Å². The number of hydrogen-bond donors (Lipinski definition) is 1. The lowest BCUT2D eigenvalue weighted by molar-refractivity contribution is -0.138. The van der Waals surface area contributed by atoms with Crippen molar-refractivity contribution in [2.75, 3.05) is 91.9 Å². The number of carbonyl (C=O) groups excluding carboxylic acids is 1. The van der Waals surface area contributed by atoms with E-state index >= 15 is 0 Å². The molecule has 62 heavy (non-hydrogen) atoms. The van der Waals surface area contributed by atoms with Gasteiger partial charge in [-0.05, 0) is 92.9 Å². The van der Waals surface area contributed by atoms with Crippen LogP contribution < -0.4 is 14.8 Å². The molecule has 4 aliphatic rings. The third-order valence-corrected chi connectivity index (χ3v) is 11.1. The Bertz CT molecular complexity index is 1720. The van der Waals surface area contributed by atoms with E-state index in [4.69, 9.17) is 23.7 Å². The molecule has 1 amide bonds. The highest BCUT2D eigenvalue weighted by Crippen LogP contribution is 2.32. The first-order valence-corrected chi connectivity index (χ1v) is 20.8. The Morgan fingerprint density at radius 2 is 1.19 bits per heavy atom. The Balaban J connectivity index is 0.000000336. The predicted octanol–water partition coefficient (Wildman–Crippen LogP) is 9.14.